The smallest absolute Gasteiger partial charge is 0.270 e. The van der Waals surface area contributed by atoms with Crippen LogP contribution in [0, 0.1) is 13.7 Å². The van der Waals surface area contributed by atoms with Crippen molar-refractivity contribution in [3.8, 4) is 0 Å². The largest absolute Gasteiger partial charge is 0.396 e. The lowest BCUT2D eigenvalue weighted by Crippen LogP contribution is -2.35. The molecule has 2 N–H and O–H groups in total. The minimum atomic E-state index is -0.530. The van der Waals surface area contributed by atoms with E-state index < -0.39 is 4.92 Å². The van der Waals surface area contributed by atoms with Crippen LogP contribution in [0.1, 0.15) is 30.1 Å². The highest BCUT2D eigenvalue weighted by Crippen LogP contribution is 2.19. The summed E-state index contributed by atoms with van der Waals surface area (Å²) >= 11 is 1.96. The van der Waals surface area contributed by atoms with Gasteiger partial charge in [0.15, 0.2) is 0 Å². The molecular formula is C12H15IN2O4. The average Bonchev–Trinajstić information content (AvgIpc) is 2.38. The maximum Gasteiger partial charge on any atom is 0.270 e. The third-order valence-corrected chi connectivity index (χ3v) is 3.65. The maximum absolute atomic E-state index is 12.1. The molecule has 0 aliphatic rings. The van der Waals surface area contributed by atoms with Gasteiger partial charge in [0.25, 0.3) is 11.6 Å². The zero-order valence-electron chi connectivity index (χ0n) is 10.4. The zero-order chi connectivity index (χ0) is 14.4. The van der Waals surface area contributed by atoms with E-state index in [1.54, 1.807) is 6.07 Å². The second kappa shape index (κ2) is 7.39. The van der Waals surface area contributed by atoms with Gasteiger partial charge in [-0.1, -0.05) is 6.92 Å². The number of non-ortho nitro benzene ring substituents is 1. The summed E-state index contributed by atoms with van der Waals surface area (Å²) in [6.07, 6.45) is 1.16. The Morgan fingerprint density at radius 3 is 2.79 bits per heavy atom. The molecule has 0 aliphatic heterocycles. The molecule has 1 amide bonds. The number of nitrogens with zero attached hydrogens (tertiary/aromatic N) is 1. The Kier molecular flexibility index (Phi) is 6.16. The van der Waals surface area contributed by atoms with Crippen molar-refractivity contribution in [1.82, 2.24) is 5.32 Å². The highest BCUT2D eigenvalue weighted by molar-refractivity contribution is 14.1. The summed E-state index contributed by atoms with van der Waals surface area (Å²) in [6, 6.07) is 4.04. The molecule has 0 fully saturated rings. The lowest BCUT2D eigenvalue weighted by molar-refractivity contribution is -0.384. The molecular weight excluding hydrogens is 363 g/mol. The number of halogens is 1. The fraction of sp³-hybridized carbons (Fsp3) is 0.417. The van der Waals surface area contributed by atoms with Gasteiger partial charge < -0.3 is 10.4 Å². The minimum absolute atomic E-state index is 0.00911. The molecule has 1 rings (SSSR count). The third kappa shape index (κ3) is 4.43. The van der Waals surface area contributed by atoms with Crippen molar-refractivity contribution in [1.29, 1.82) is 0 Å². The lowest BCUT2D eigenvalue weighted by Gasteiger charge is -2.16. The van der Waals surface area contributed by atoms with Gasteiger partial charge >= 0.3 is 0 Å². The maximum atomic E-state index is 12.1. The number of benzene rings is 1. The monoisotopic (exact) mass is 378 g/mol. The number of carbonyl (C=O) groups is 1. The molecule has 0 radical (unpaired) electrons. The van der Waals surface area contributed by atoms with Gasteiger partial charge in [0.05, 0.1) is 10.5 Å². The highest BCUT2D eigenvalue weighted by atomic mass is 127. The average molecular weight is 378 g/mol. The van der Waals surface area contributed by atoms with E-state index in [0.29, 0.717) is 16.4 Å². The molecule has 1 unspecified atom stereocenters. The number of carbonyl (C=O) groups excluding carboxylic acids is 1. The van der Waals surface area contributed by atoms with E-state index in [0.717, 1.165) is 0 Å². The third-order valence-electron chi connectivity index (χ3n) is 2.71. The van der Waals surface area contributed by atoms with E-state index in [2.05, 4.69) is 5.32 Å². The SMILES string of the molecule is CCC(CCO)NC(=O)c1cc([N+](=O)[O-])ccc1I. The Hall–Kier alpha value is -1.22. The first-order chi connectivity index (χ1) is 8.99. The molecule has 7 heteroatoms. The number of hydrogen-bond donors (Lipinski definition) is 2. The molecule has 104 valence electrons. The summed E-state index contributed by atoms with van der Waals surface area (Å²) < 4.78 is 0.652. The van der Waals surface area contributed by atoms with Crippen molar-refractivity contribution in [3.05, 3.63) is 37.4 Å². The van der Waals surface area contributed by atoms with Gasteiger partial charge in [-0.2, -0.15) is 0 Å². The van der Waals surface area contributed by atoms with E-state index in [1.807, 2.05) is 29.5 Å². The van der Waals surface area contributed by atoms with Crippen LogP contribution in [0.2, 0.25) is 0 Å². The van der Waals surface area contributed by atoms with Crippen LogP contribution in [-0.2, 0) is 0 Å². The van der Waals surface area contributed by atoms with Crippen molar-refractivity contribution >= 4 is 34.2 Å². The summed E-state index contributed by atoms with van der Waals surface area (Å²) in [5.41, 5.74) is 0.173. The quantitative estimate of drug-likeness (QED) is 0.451. The van der Waals surface area contributed by atoms with Crippen LogP contribution in [0.25, 0.3) is 0 Å². The van der Waals surface area contributed by atoms with Crippen LogP contribution in [0.4, 0.5) is 5.69 Å². The molecule has 0 spiro atoms. The van der Waals surface area contributed by atoms with Crippen LogP contribution in [0.15, 0.2) is 18.2 Å². The number of nitrogens with one attached hydrogen (secondary N) is 1. The molecule has 1 atom stereocenters. The number of hydrogen-bond acceptors (Lipinski definition) is 4. The van der Waals surface area contributed by atoms with Gasteiger partial charge in [-0.3, -0.25) is 14.9 Å². The number of aliphatic hydroxyl groups excluding tert-OH is 1. The van der Waals surface area contributed by atoms with E-state index in [4.69, 9.17) is 5.11 Å². The van der Waals surface area contributed by atoms with Crippen LogP contribution in [0.5, 0.6) is 0 Å². The molecule has 0 aromatic heterocycles. The summed E-state index contributed by atoms with van der Waals surface area (Å²) in [5.74, 6) is -0.353. The fourth-order valence-electron chi connectivity index (χ4n) is 1.60. The zero-order valence-corrected chi connectivity index (χ0v) is 12.6. The van der Waals surface area contributed by atoms with Gasteiger partial charge in [0, 0.05) is 28.4 Å². The van der Waals surface area contributed by atoms with Crippen molar-refractivity contribution < 1.29 is 14.8 Å². The summed E-state index contributed by atoms with van der Waals surface area (Å²) in [4.78, 5) is 22.2. The first kappa shape index (κ1) is 15.8. The standard InChI is InChI=1S/C12H15IN2O4/c1-2-8(5-6-16)14-12(17)10-7-9(15(18)19)3-4-11(10)13/h3-4,7-8,16H,2,5-6H2,1H3,(H,14,17). The van der Waals surface area contributed by atoms with E-state index in [9.17, 15) is 14.9 Å². The minimum Gasteiger partial charge on any atom is -0.396 e. The fourth-order valence-corrected chi connectivity index (χ4v) is 2.18. The van der Waals surface area contributed by atoms with Crippen LogP contribution in [0.3, 0.4) is 0 Å². The lowest BCUT2D eigenvalue weighted by atomic mass is 10.1. The van der Waals surface area contributed by atoms with E-state index in [1.165, 1.54) is 12.1 Å². The van der Waals surface area contributed by atoms with Crippen LogP contribution in [-0.4, -0.2) is 28.6 Å². The Balaban J connectivity index is 2.92. The molecule has 0 aliphatic carbocycles. The van der Waals surface area contributed by atoms with E-state index in [-0.39, 0.29) is 29.8 Å². The van der Waals surface area contributed by atoms with Crippen molar-refractivity contribution in [2.24, 2.45) is 0 Å². The predicted molar refractivity (Wildman–Crippen MR) is 79.1 cm³/mol. The first-order valence-corrected chi connectivity index (χ1v) is 6.93. The van der Waals surface area contributed by atoms with Crippen molar-refractivity contribution in [2.45, 2.75) is 25.8 Å². The molecule has 0 saturated carbocycles. The molecule has 19 heavy (non-hydrogen) atoms. The Morgan fingerprint density at radius 1 is 1.58 bits per heavy atom. The summed E-state index contributed by atoms with van der Waals surface area (Å²) in [7, 11) is 0. The Morgan fingerprint density at radius 2 is 2.26 bits per heavy atom. The van der Waals surface area contributed by atoms with Crippen molar-refractivity contribution in [3.63, 3.8) is 0 Å². The van der Waals surface area contributed by atoms with E-state index >= 15 is 0 Å². The molecule has 1 aromatic carbocycles. The Labute approximate surface area is 124 Å². The van der Waals surface area contributed by atoms with Crippen LogP contribution >= 0.6 is 22.6 Å². The van der Waals surface area contributed by atoms with Gasteiger partial charge in [-0.15, -0.1) is 0 Å². The number of nitro benzene ring substituents is 1. The molecule has 1 aromatic rings. The highest BCUT2D eigenvalue weighted by Gasteiger charge is 2.17. The number of nitro groups is 1. The number of rotatable bonds is 6. The molecule has 0 heterocycles. The van der Waals surface area contributed by atoms with Gasteiger partial charge in [-0.25, -0.2) is 0 Å². The van der Waals surface area contributed by atoms with Gasteiger partial charge in [0.2, 0.25) is 0 Å². The second-order valence-corrected chi connectivity index (χ2v) is 5.17. The number of amides is 1. The topological polar surface area (TPSA) is 92.5 Å². The summed E-state index contributed by atoms with van der Waals surface area (Å²) in [5, 5.41) is 22.4. The van der Waals surface area contributed by atoms with Crippen molar-refractivity contribution in [2.75, 3.05) is 6.61 Å². The van der Waals surface area contributed by atoms with Crippen LogP contribution < -0.4 is 5.32 Å². The Bertz CT molecular complexity index is 479. The second-order valence-electron chi connectivity index (χ2n) is 4.01. The number of aliphatic hydroxyl groups is 1. The summed E-state index contributed by atoms with van der Waals surface area (Å²) in [6.45, 7) is 1.89. The molecule has 0 saturated heterocycles. The molecule has 0 bridgehead atoms. The predicted octanol–water partition coefficient (Wildman–Crippen LogP) is 2.09. The molecule has 6 nitrogen and oxygen atoms in total. The van der Waals surface area contributed by atoms with Gasteiger partial charge in [-0.05, 0) is 41.5 Å². The van der Waals surface area contributed by atoms with Gasteiger partial charge in [0.1, 0.15) is 0 Å². The first-order valence-electron chi connectivity index (χ1n) is 5.85. The normalized spacial score (nSPS) is 11.9.